The van der Waals surface area contributed by atoms with Crippen molar-refractivity contribution in [3.8, 4) is 0 Å². The number of β-amino-alcohol motifs (C(OH)–C–C–N with tert-alkyl or cyclic N) is 1. The van der Waals surface area contributed by atoms with Crippen LogP contribution in [0.25, 0.3) is 0 Å². The van der Waals surface area contributed by atoms with Gasteiger partial charge in [0, 0.05) is 18.0 Å². The molecule has 0 amide bonds. The van der Waals surface area contributed by atoms with E-state index >= 15 is 0 Å². The number of nitrogens with one attached hydrogen (secondary N) is 1. The van der Waals surface area contributed by atoms with Crippen LogP contribution in [0.15, 0.2) is 0 Å². The van der Waals surface area contributed by atoms with Gasteiger partial charge in [0.05, 0.1) is 6.10 Å². The first-order chi connectivity index (χ1) is 5.27. The molecule has 0 aromatic heterocycles. The molecule has 1 aliphatic heterocycles. The van der Waals surface area contributed by atoms with Gasteiger partial charge < -0.3 is 10.4 Å². The summed E-state index contributed by atoms with van der Waals surface area (Å²) in [6.45, 7) is 0.757. The van der Waals surface area contributed by atoms with Gasteiger partial charge in [-0.25, -0.2) is 0 Å². The Morgan fingerprint density at radius 3 is 2.82 bits per heavy atom. The summed E-state index contributed by atoms with van der Waals surface area (Å²) in [6, 6.07) is 0. The number of halogens is 1. The standard InChI is InChI=1S/C8H14ClNO/c9-4-6-3-7(11)5-10-8(6)1-2-8/h6-7,10-11H,1-5H2. The van der Waals surface area contributed by atoms with Crippen molar-refractivity contribution >= 4 is 11.6 Å². The van der Waals surface area contributed by atoms with Crippen LogP contribution in [0.1, 0.15) is 19.3 Å². The summed E-state index contributed by atoms with van der Waals surface area (Å²) in [4.78, 5) is 0. The van der Waals surface area contributed by atoms with E-state index < -0.39 is 0 Å². The summed E-state index contributed by atoms with van der Waals surface area (Å²) >= 11 is 5.82. The van der Waals surface area contributed by atoms with Crippen LogP contribution < -0.4 is 5.32 Å². The molecule has 0 aromatic rings. The molecule has 2 rings (SSSR count). The van der Waals surface area contributed by atoms with Crippen molar-refractivity contribution in [2.75, 3.05) is 12.4 Å². The highest BCUT2D eigenvalue weighted by molar-refractivity contribution is 6.18. The first-order valence-corrected chi connectivity index (χ1v) is 4.79. The van der Waals surface area contributed by atoms with Crippen molar-refractivity contribution in [3.05, 3.63) is 0 Å². The molecule has 2 atom stereocenters. The SMILES string of the molecule is OC1CNC2(CC2)C(CCl)C1. The minimum absolute atomic E-state index is 0.176. The van der Waals surface area contributed by atoms with Crippen LogP contribution in [0, 0.1) is 5.92 Å². The fourth-order valence-corrected chi connectivity index (χ4v) is 2.45. The van der Waals surface area contributed by atoms with E-state index in [-0.39, 0.29) is 6.10 Å². The maximum Gasteiger partial charge on any atom is 0.0668 e. The van der Waals surface area contributed by atoms with Crippen molar-refractivity contribution in [1.82, 2.24) is 5.32 Å². The van der Waals surface area contributed by atoms with Gasteiger partial charge in [-0.1, -0.05) is 0 Å². The fraction of sp³-hybridized carbons (Fsp3) is 1.00. The molecule has 2 aliphatic rings. The lowest BCUT2D eigenvalue weighted by molar-refractivity contribution is 0.0903. The van der Waals surface area contributed by atoms with Gasteiger partial charge in [0.15, 0.2) is 0 Å². The molecule has 2 fully saturated rings. The summed E-state index contributed by atoms with van der Waals surface area (Å²) in [5.74, 6) is 1.18. The van der Waals surface area contributed by atoms with Crippen molar-refractivity contribution in [2.24, 2.45) is 5.92 Å². The predicted molar refractivity (Wildman–Crippen MR) is 44.8 cm³/mol. The number of hydrogen-bond acceptors (Lipinski definition) is 2. The van der Waals surface area contributed by atoms with Crippen LogP contribution in [-0.4, -0.2) is 29.2 Å². The van der Waals surface area contributed by atoms with E-state index in [0.717, 1.165) is 13.0 Å². The van der Waals surface area contributed by atoms with Crippen LogP contribution >= 0.6 is 11.6 Å². The van der Waals surface area contributed by atoms with Crippen LogP contribution in [-0.2, 0) is 0 Å². The maximum absolute atomic E-state index is 9.35. The Morgan fingerprint density at radius 1 is 1.55 bits per heavy atom. The predicted octanol–water partition coefficient (Wildman–Crippen LogP) is 0.728. The van der Waals surface area contributed by atoms with Gasteiger partial charge in [-0.05, 0) is 25.2 Å². The van der Waals surface area contributed by atoms with E-state index in [1.54, 1.807) is 0 Å². The highest BCUT2D eigenvalue weighted by Gasteiger charge is 2.51. The Labute approximate surface area is 71.9 Å². The highest BCUT2D eigenvalue weighted by Crippen LogP contribution is 2.46. The summed E-state index contributed by atoms with van der Waals surface area (Å²) < 4.78 is 0. The van der Waals surface area contributed by atoms with Gasteiger partial charge in [0.1, 0.15) is 0 Å². The summed E-state index contributed by atoms with van der Waals surface area (Å²) in [5.41, 5.74) is 0.334. The van der Waals surface area contributed by atoms with Gasteiger partial charge in [0.25, 0.3) is 0 Å². The molecule has 1 spiro atoms. The van der Waals surface area contributed by atoms with E-state index in [0.29, 0.717) is 17.3 Å². The zero-order chi connectivity index (χ0) is 7.90. The van der Waals surface area contributed by atoms with Gasteiger partial charge in [-0.15, -0.1) is 11.6 Å². The smallest absolute Gasteiger partial charge is 0.0668 e. The third-order valence-corrected chi connectivity index (χ3v) is 3.38. The topological polar surface area (TPSA) is 32.3 Å². The van der Waals surface area contributed by atoms with Gasteiger partial charge in [-0.2, -0.15) is 0 Å². The molecule has 2 unspecified atom stereocenters. The van der Waals surface area contributed by atoms with E-state index in [1.807, 2.05) is 0 Å². The molecule has 11 heavy (non-hydrogen) atoms. The van der Waals surface area contributed by atoms with Crippen molar-refractivity contribution < 1.29 is 5.11 Å². The van der Waals surface area contributed by atoms with E-state index in [1.165, 1.54) is 12.8 Å². The van der Waals surface area contributed by atoms with Crippen molar-refractivity contribution in [3.63, 3.8) is 0 Å². The Hall–Kier alpha value is 0.210. The van der Waals surface area contributed by atoms with Gasteiger partial charge >= 0.3 is 0 Å². The monoisotopic (exact) mass is 175 g/mol. The normalized spacial score (nSPS) is 40.9. The first kappa shape index (κ1) is 7.84. The molecule has 1 heterocycles. The molecule has 64 valence electrons. The minimum atomic E-state index is -0.176. The zero-order valence-electron chi connectivity index (χ0n) is 6.52. The average Bonchev–Trinajstić information content (AvgIpc) is 2.76. The molecule has 1 saturated heterocycles. The second-order valence-corrected chi connectivity index (χ2v) is 4.09. The Balaban J connectivity index is 2.01. The molecular formula is C8H14ClNO. The summed E-state index contributed by atoms with van der Waals surface area (Å²) in [5, 5.41) is 12.7. The Bertz CT molecular complexity index is 158. The number of rotatable bonds is 1. The molecule has 2 N–H and O–H groups in total. The quantitative estimate of drug-likeness (QED) is 0.576. The van der Waals surface area contributed by atoms with Gasteiger partial charge in [0.2, 0.25) is 0 Å². The fourth-order valence-electron chi connectivity index (χ4n) is 2.03. The summed E-state index contributed by atoms with van der Waals surface area (Å²) in [7, 11) is 0. The molecular weight excluding hydrogens is 162 g/mol. The average molecular weight is 176 g/mol. The van der Waals surface area contributed by atoms with E-state index in [9.17, 15) is 5.11 Å². The lowest BCUT2D eigenvalue weighted by Crippen LogP contribution is -2.50. The van der Waals surface area contributed by atoms with Gasteiger partial charge in [-0.3, -0.25) is 0 Å². The molecule has 1 saturated carbocycles. The number of piperidine rings is 1. The van der Waals surface area contributed by atoms with E-state index in [2.05, 4.69) is 5.32 Å². The largest absolute Gasteiger partial charge is 0.392 e. The summed E-state index contributed by atoms with van der Waals surface area (Å²) in [6.07, 6.45) is 3.20. The third-order valence-electron chi connectivity index (χ3n) is 3.00. The third kappa shape index (κ3) is 1.28. The molecule has 1 aliphatic carbocycles. The number of aliphatic hydroxyl groups is 1. The lowest BCUT2D eigenvalue weighted by Gasteiger charge is -2.34. The van der Waals surface area contributed by atoms with E-state index in [4.69, 9.17) is 11.6 Å². The van der Waals surface area contributed by atoms with Crippen molar-refractivity contribution in [1.29, 1.82) is 0 Å². The van der Waals surface area contributed by atoms with Crippen LogP contribution in [0.5, 0.6) is 0 Å². The Morgan fingerprint density at radius 2 is 2.27 bits per heavy atom. The maximum atomic E-state index is 9.35. The second kappa shape index (κ2) is 2.61. The lowest BCUT2D eigenvalue weighted by atomic mass is 9.89. The first-order valence-electron chi connectivity index (χ1n) is 4.26. The molecule has 0 bridgehead atoms. The van der Waals surface area contributed by atoms with Crippen molar-refractivity contribution in [2.45, 2.75) is 30.9 Å². The van der Waals surface area contributed by atoms with Crippen LogP contribution in [0.4, 0.5) is 0 Å². The highest BCUT2D eigenvalue weighted by atomic mass is 35.5. The second-order valence-electron chi connectivity index (χ2n) is 3.78. The van der Waals surface area contributed by atoms with Crippen LogP contribution in [0.3, 0.4) is 0 Å². The molecule has 0 aromatic carbocycles. The number of alkyl halides is 1. The molecule has 3 heteroatoms. The molecule has 2 nitrogen and oxygen atoms in total. The Kier molecular flexibility index (Phi) is 1.86. The zero-order valence-corrected chi connectivity index (χ0v) is 7.27. The molecule has 0 radical (unpaired) electrons. The minimum Gasteiger partial charge on any atom is -0.392 e. The number of aliphatic hydroxyl groups excluding tert-OH is 1. The number of hydrogen-bond donors (Lipinski definition) is 2. The van der Waals surface area contributed by atoms with Crippen LogP contribution in [0.2, 0.25) is 0 Å².